The molecule has 0 spiro atoms. The van der Waals surface area contributed by atoms with Crippen molar-refractivity contribution in [2.75, 3.05) is 5.32 Å². The molecule has 2 aromatic rings. The zero-order valence-electron chi connectivity index (χ0n) is 17.4. The van der Waals surface area contributed by atoms with E-state index in [9.17, 15) is 4.79 Å². The summed E-state index contributed by atoms with van der Waals surface area (Å²) in [5.41, 5.74) is 1.03. The van der Waals surface area contributed by atoms with Gasteiger partial charge in [-0.1, -0.05) is 0 Å². The van der Waals surface area contributed by atoms with Crippen LogP contribution in [0, 0.1) is 0 Å². The number of anilines is 2. The molecule has 1 saturated carbocycles. The van der Waals surface area contributed by atoms with Crippen LogP contribution in [0.1, 0.15) is 65.5 Å². The van der Waals surface area contributed by atoms with Crippen molar-refractivity contribution >= 4 is 17.8 Å². The van der Waals surface area contributed by atoms with E-state index >= 15 is 0 Å². The van der Waals surface area contributed by atoms with Gasteiger partial charge in [-0.3, -0.25) is 4.68 Å². The second kappa shape index (κ2) is 8.16. The van der Waals surface area contributed by atoms with E-state index in [1.807, 2.05) is 13.8 Å². The number of carbonyl (C=O) groups is 1. The summed E-state index contributed by atoms with van der Waals surface area (Å²) in [6, 6.07) is 4.09. The predicted molar refractivity (Wildman–Crippen MR) is 110 cm³/mol. The summed E-state index contributed by atoms with van der Waals surface area (Å²) in [5, 5.41) is 14.0. The van der Waals surface area contributed by atoms with Gasteiger partial charge >= 0.3 is 6.03 Å². The fourth-order valence-corrected chi connectivity index (χ4v) is 3.63. The summed E-state index contributed by atoms with van der Waals surface area (Å²) in [7, 11) is 0. The molecule has 0 unspecified atom stereocenters. The fourth-order valence-electron chi connectivity index (χ4n) is 3.63. The Balaban J connectivity index is 1.74. The maximum Gasteiger partial charge on any atom is 0.315 e. The quantitative estimate of drug-likeness (QED) is 0.732. The molecular weight excluding hydrogens is 354 g/mol. The van der Waals surface area contributed by atoms with Gasteiger partial charge < -0.3 is 16.0 Å². The van der Waals surface area contributed by atoms with Crippen molar-refractivity contribution in [3.8, 4) is 0 Å². The van der Waals surface area contributed by atoms with Crippen molar-refractivity contribution in [1.82, 2.24) is 30.4 Å². The molecule has 2 aromatic heterocycles. The summed E-state index contributed by atoms with van der Waals surface area (Å²) in [6.07, 6.45) is 6.30. The van der Waals surface area contributed by atoms with Crippen LogP contribution in [0.25, 0.3) is 0 Å². The highest BCUT2D eigenvalue weighted by Crippen LogP contribution is 2.37. The van der Waals surface area contributed by atoms with E-state index in [2.05, 4.69) is 57.4 Å². The number of urea groups is 1. The SMILES string of the molecule is CC(C)NC(=O)N[C@H]1CC[C@@H](c2cc(Nc3ncccn3)nn2C(C)(C)C)C1. The van der Waals surface area contributed by atoms with Crippen molar-refractivity contribution in [2.24, 2.45) is 0 Å². The normalized spacial score (nSPS) is 19.6. The van der Waals surface area contributed by atoms with Crippen molar-refractivity contribution in [2.45, 2.75) is 77.4 Å². The van der Waals surface area contributed by atoms with Crippen LogP contribution in [-0.2, 0) is 5.54 Å². The first kappa shape index (κ1) is 20.1. The molecule has 0 aromatic carbocycles. The Hall–Kier alpha value is -2.64. The standard InChI is InChI=1S/C20H31N7O/c1-13(2)23-19(28)24-15-8-7-14(11-15)16-12-17(26-27(16)20(3,4)5)25-18-21-9-6-10-22-18/h6,9-10,12-15H,7-8,11H2,1-5H3,(H2,23,24,28)(H,21,22,25,26)/t14-,15+/m1/s1. The lowest BCUT2D eigenvalue weighted by Crippen LogP contribution is -2.43. The van der Waals surface area contributed by atoms with Crippen LogP contribution in [0.15, 0.2) is 24.5 Å². The number of amides is 2. The highest BCUT2D eigenvalue weighted by Gasteiger charge is 2.32. The van der Waals surface area contributed by atoms with Gasteiger partial charge in [0.25, 0.3) is 0 Å². The molecule has 0 bridgehead atoms. The van der Waals surface area contributed by atoms with Crippen molar-refractivity contribution in [3.05, 3.63) is 30.2 Å². The van der Waals surface area contributed by atoms with Crippen LogP contribution in [0.5, 0.6) is 0 Å². The fraction of sp³-hybridized carbons (Fsp3) is 0.600. The zero-order valence-corrected chi connectivity index (χ0v) is 17.4. The van der Waals surface area contributed by atoms with E-state index in [4.69, 9.17) is 5.10 Å². The number of nitrogens with one attached hydrogen (secondary N) is 3. The Morgan fingerprint density at radius 3 is 2.57 bits per heavy atom. The summed E-state index contributed by atoms with van der Waals surface area (Å²) in [5.74, 6) is 1.62. The van der Waals surface area contributed by atoms with Crippen molar-refractivity contribution < 1.29 is 4.79 Å². The van der Waals surface area contributed by atoms with E-state index in [-0.39, 0.29) is 23.7 Å². The van der Waals surface area contributed by atoms with E-state index in [1.165, 1.54) is 5.69 Å². The van der Waals surface area contributed by atoms with E-state index in [1.54, 1.807) is 18.5 Å². The molecule has 0 radical (unpaired) electrons. The average Bonchev–Trinajstić information content (AvgIpc) is 3.21. The lowest BCUT2D eigenvalue weighted by atomic mass is 10.0. The largest absolute Gasteiger partial charge is 0.336 e. The molecule has 0 aliphatic heterocycles. The minimum absolute atomic E-state index is 0.0893. The topological polar surface area (TPSA) is 96.8 Å². The Morgan fingerprint density at radius 2 is 1.93 bits per heavy atom. The monoisotopic (exact) mass is 385 g/mol. The number of hydrogen-bond acceptors (Lipinski definition) is 5. The first-order chi connectivity index (χ1) is 13.2. The number of nitrogens with zero attached hydrogens (tertiary/aromatic N) is 4. The highest BCUT2D eigenvalue weighted by atomic mass is 16.2. The Morgan fingerprint density at radius 1 is 1.21 bits per heavy atom. The van der Waals surface area contributed by atoms with Gasteiger partial charge in [0.1, 0.15) is 0 Å². The van der Waals surface area contributed by atoms with Gasteiger partial charge in [-0.2, -0.15) is 5.10 Å². The predicted octanol–water partition coefficient (Wildman–Crippen LogP) is 3.52. The average molecular weight is 386 g/mol. The first-order valence-corrected chi connectivity index (χ1v) is 9.94. The number of aromatic nitrogens is 4. The third kappa shape index (κ3) is 4.99. The molecule has 2 heterocycles. The van der Waals surface area contributed by atoms with Crippen LogP contribution in [0.2, 0.25) is 0 Å². The molecule has 8 heteroatoms. The molecule has 0 saturated heterocycles. The van der Waals surface area contributed by atoms with Crippen LogP contribution < -0.4 is 16.0 Å². The maximum absolute atomic E-state index is 12.0. The Bertz CT molecular complexity index is 795. The molecule has 28 heavy (non-hydrogen) atoms. The van der Waals surface area contributed by atoms with Gasteiger partial charge in [0.15, 0.2) is 5.82 Å². The number of rotatable bonds is 5. The van der Waals surface area contributed by atoms with Gasteiger partial charge in [-0.05, 0) is 59.9 Å². The molecule has 152 valence electrons. The van der Waals surface area contributed by atoms with Gasteiger partial charge in [-0.25, -0.2) is 14.8 Å². The number of carbonyl (C=O) groups excluding carboxylic acids is 1. The summed E-state index contributed by atoms with van der Waals surface area (Å²) in [4.78, 5) is 20.5. The minimum Gasteiger partial charge on any atom is -0.336 e. The van der Waals surface area contributed by atoms with Gasteiger partial charge in [0, 0.05) is 42.2 Å². The third-order valence-corrected chi connectivity index (χ3v) is 4.78. The van der Waals surface area contributed by atoms with Crippen LogP contribution in [0.4, 0.5) is 16.6 Å². The number of hydrogen-bond donors (Lipinski definition) is 3. The molecule has 2 atom stereocenters. The Kier molecular flexibility index (Phi) is 5.86. The third-order valence-electron chi connectivity index (χ3n) is 4.78. The van der Waals surface area contributed by atoms with Crippen molar-refractivity contribution in [3.63, 3.8) is 0 Å². The molecule has 1 aliphatic carbocycles. The second-order valence-electron chi connectivity index (χ2n) is 8.71. The molecule has 1 fully saturated rings. The molecule has 3 N–H and O–H groups in total. The van der Waals surface area contributed by atoms with E-state index in [0.29, 0.717) is 11.9 Å². The Labute approximate surface area is 166 Å². The zero-order chi connectivity index (χ0) is 20.3. The van der Waals surface area contributed by atoms with E-state index in [0.717, 1.165) is 25.1 Å². The lowest BCUT2D eigenvalue weighted by Gasteiger charge is -2.25. The molecule has 3 rings (SSSR count). The maximum atomic E-state index is 12.0. The van der Waals surface area contributed by atoms with Crippen LogP contribution in [-0.4, -0.2) is 37.9 Å². The smallest absolute Gasteiger partial charge is 0.315 e. The molecule has 2 amide bonds. The summed E-state index contributed by atoms with van der Waals surface area (Å²) in [6.45, 7) is 10.4. The van der Waals surface area contributed by atoms with Gasteiger partial charge in [0.2, 0.25) is 5.95 Å². The lowest BCUT2D eigenvalue weighted by molar-refractivity contribution is 0.234. The summed E-state index contributed by atoms with van der Waals surface area (Å²) < 4.78 is 2.08. The van der Waals surface area contributed by atoms with Gasteiger partial charge in [-0.15, -0.1) is 0 Å². The molecular formula is C20H31N7O. The highest BCUT2D eigenvalue weighted by molar-refractivity contribution is 5.74. The first-order valence-electron chi connectivity index (χ1n) is 9.94. The summed E-state index contributed by atoms with van der Waals surface area (Å²) >= 11 is 0. The second-order valence-corrected chi connectivity index (χ2v) is 8.71. The van der Waals surface area contributed by atoms with Gasteiger partial charge in [0.05, 0.1) is 5.54 Å². The molecule has 8 nitrogen and oxygen atoms in total. The van der Waals surface area contributed by atoms with Crippen LogP contribution >= 0.6 is 0 Å². The van der Waals surface area contributed by atoms with Crippen molar-refractivity contribution in [1.29, 1.82) is 0 Å². The molecule has 1 aliphatic rings. The minimum atomic E-state index is -0.145. The van der Waals surface area contributed by atoms with Crippen LogP contribution in [0.3, 0.4) is 0 Å². The van der Waals surface area contributed by atoms with E-state index < -0.39 is 0 Å².